The first-order chi connectivity index (χ1) is 11.0. The van der Waals surface area contributed by atoms with Crippen LogP contribution in [0.2, 0.25) is 0 Å². The van der Waals surface area contributed by atoms with Crippen molar-refractivity contribution in [2.24, 2.45) is 16.7 Å². The van der Waals surface area contributed by atoms with Crippen molar-refractivity contribution in [1.82, 2.24) is 4.90 Å². The molecule has 2 aromatic rings. The monoisotopic (exact) mass is 329 g/mol. The van der Waals surface area contributed by atoms with Crippen LogP contribution in [-0.4, -0.2) is 37.6 Å². The number of likely N-dealkylation sites (tertiary alicyclic amines) is 1. The second-order valence-electron chi connectivity index (χ2n) is 7.85. The number of fused-ring (bicyclic) bond motifs is 2. The average Bonchev–Trinajstić information content (AvgIpc) is 3.06. The van der Waals surface area contributed by atoms with Crippen LogP contribution in [0.3, 0.4) is 0 Å². The second kappa shape index (κ2) is 5.05. The van der Waals surface area contributed by atoms with Gasteiger partial charge < -0.3 is 9.64 Å². The van der Waals surface area contributed by atoms with Gasteiger partial charge in [0.1, 0.15) is 0 Å². The number of amides is 1. The molecule has 0 bridgehead atoms. The number of rotatable bonds is 3. The SMILES string of the molecule is COC[C@@]12CN(C(=O)c3cc4ccccc4s3)C[C@@H]1C(C)(C)C2. The Kier molecular flexibility index (Phi) is 3.33. The van der Waals surface area contributed by atoms with Crippen LogP contribution in [0.25, 0.3) is 10.1 Å². The molecule has 4 rings (SSSR count). The first-order valence-corrected chi connectivity index (χ1v) is 9.04. The van der Waals surface area contributed by atoms with Crippen molar-refractivity contribution in [2.75, 3.05) is 26.8 Å². The van der Waals surface area contributed by atoms with Gasteiger partial charge in [-0.2, -0.15) is 0 Å². The van der Waals surface area contributed by atoms with Crippen LogP contribution in [0.1, 0.15) is 29.9 Å². The van der Waals surface area contributed by atoms with Gasteiger partial charge in [0.2, 0.25) is 0 Å². The molecule has 0 N–H and O–H groups in total. The van der Waals surface area contributed by atoms with Gasteiger partial charge in [-0.3, -0.25) is 4.79 Å². The Morgan fingerprint density at radius 2 is 2.17 bits per heavy atom. The summed E-state index contributed by atoms with van der Waals surface area (Å²) in [7, 11) is 1.77. The van der Waals surface area contributed by atoms with E-state index in [1.54, 1.807) is 18.4 Å². The van der Waals surface area contributed by atoms with Crippen molar-refractivity contribution in [1.29, 1.82) is 0 Å². The molecule has 2 heterocycles. The number of methoxy groups -OCH3 is 1. The second-order valence-corrected chi connectivity index (χ2v) is 8.93. The molecule has 1 aliphatic carbocycles. The molecular formula is C19H23NO2S. The van der Waals surface area contributed by atoms with Crippen molar-refractivity contribution < 1.29 is 9.53 Å². The molecule has 0 unspecified atom stereocenters. The van der Waals surface area contributed by atoms with Crippen molar-refractivity contribution in [3.05, 3.63) is 35.2 Å². The van der Waals surface area contributed by atoms with E-state index in [2.05, 4.69) is 30.9 Å². The number of carbonyl (C=O) groups excluding carboxylic acids is 1. The van der Waals surface area contributed by atoms with Gasteiger partial charge in [0, 0.05) is 30.3 Å². The third-order valence-electron chi connectivity index (χ3n) is 5.75. The minimum absolute atomic E-state index is 0.171. The number of carbonyl (C=O) groups is 1. The topological polar surface area (TPSA) is 29.5 Å². The van der Waals surface area contributed by atoms with E-state index < -0.39 is 0 Å². The molecule has 0 radical (unpaired) electrons. The Morgan fingerprint density at radius 1 is 1.39 bits per heavy atom. The first-order valence-electron chi connectivity index (χ1n) is 8.22. The minimum atomic E-state index is 0.171. The normalized spacial score (nSPS) is 28.7. The molecule has 2 atom stereocenters. The van der Waals surface area contributed by atoms with Crippen molar-refractivity contribution in [3.63, 3.8) is 0 Å². The van der Waals surface area contributed by atoms with E-state index >= 15 is 0 Å². The molecule has 4 heteroatoms. The lowest BCUT2D eigenvalue weighted by atomic mass is 9.48. The fourth-order valence-electron chi connectivity index (χ4n) is 5.01. The zero-order valence-electron chi connectivity index (χ0n) is 14.0. The summed E-state index contributed by atoms with van der Waals surface area (Å²) < 4.78 is 6.68. The molecule has 1 aromatic carbocycles. The Bertz CT molecular complexity index is 733. The predicted octanol–water partition coefficient (Wildman–Crippen LogP) is 4.04. The maximum Gasteiger partial charge on any atom is 0.263 e. The van der Waals surface area contributed by atoms with Crippen LogP contribution >= 0.6 is 11.3 Å². The molecule has 1 saturated heterocycles. The smallest absolute Gasteiger partial charge is 0.263 e. The lowest BCUT2D eigenvalue weighted by Crippen LogP contribution is -2.55. The molecule has 2 fully saturated rings. The van der Waals surface area contributed by atoms with Gasteiger partial charge in [0.05, 0.1) is 11.5 Å². The van der Waals surface area contributed by atoms with Crippen LogP contribution in [0.4, 0.5) is 0 Å². The third kappa shape index (κ3) is 2.23. The van der Waals surface area contributed by atoms with E-state index in [-0.39, 0.29) is 11.3 Å². The average molecular weight is 329 g/mol. The van der Waals surface area contributed by atoms with E-state index in [1.807, 2.05) is 18.2 Å². The summed E-state index contributed by atoms with van der Waals surface area (Å²) in [5.41, 5.74) is 0.484. The van der Waals surface area contributed by atoms with E-state index in [9.17, 15) is 4.79 Å². The fourth-order valence-corrected chi connectivity index (χ4v) is 6.04. The molecule has 1 aliphatic heterocycles. The predicted molar refractivity (Wildman–Crippen MR) is 93.9 cm³/mol. The number of benzene rings is 1. The Balaban J connectivity index is 1.60. The number of ether oxygens (including phenoxy) is 1. The van der Waals surface area contributed by atoms with Crippen LogP contribution in [0.5, 0.6) is 0 Å². The summed E-state index contributed by atoms with van der Waals surface area (Å²) in [6.45, 7) is 7.10. The number of hydrogen-bond donors (Lipinski definition) is 0. The standard InChI is InChI=1S/C19H23NO2S/c1-18(2)10-19(12-22-3)11-20(9-16(18)19)17(21)15-8-13-6-4-5-7-14(13)23-15/h4-8,16H,9-12H2,1-3H3/t16-,19-/m1/s1. The lowest BCUT2D eigenvalue weighted by Gasteiger charge is -2.56. The highest BCUT2D eigenvalue weighted by Crippen LogP contribution is 2.62. The summed E-state index contributed by atoms with van der Waals surface area (Å²) in [5.74, 6) is 0.736. The van der Waals surface area contributed by atoms with Gasteiger partial charge in [-0.15, -0.1) is 11.3 Å². The fraction of sp³-hybridized carbons (Fsp3) is 0.526. The summed E-state index contributed by atoms with van der Waals surface area (Å²) in [6, 6.07) is 10.2. The van der Waals surface area contributed by atoms with Crippen LogP contribution in [0, 0.1) is 16.7 Å². The van der Waals surface area contributed by atoms with Gasteiger partial charge in [0.25, 0.3) is 5.91 Å². The van der Waals surface area contributed by atoms with Crippen LogP contribution < -0.4 is 0 Å². The van der Waals surface area contributed by atoms with Gasteiger partial charge in [0.15, 0.2) is 0 Å². The largest absolute Gasteiger partial charge is 0.384 e. The van der Waals surface area contributed by atoms with Crippen molar-refractivity contribution in [3.8, 4) is 0 Å². The van der Waals surface area contributed by atoms with Crippen molar-refractivity contribution in [2.45, 2.75) is 20.3 Å². The highest BCUT2D eigenvalue weighted by Gasteiger charge is 2.63. The molecule has 122 valence electrons. The summed E-state index contributed by atoms with van der Waals surface area (Å²) in [5, 5.41) is 1.16. The van der Waals surface area contributed by atoms with E-state index in [1.165, 1.54) is 4.70 Å². The Morgan fingerprint density at radius 3 is 2.87 bits per heavy atom. The molecule has 1 saturated carbocycles. The first kappa shape index (κ1) is 15.2. The molecule has 23 heavy (non-hydrogen) atoms. The summed E-state index contributed by atoms with van der Waals surface area (Å²) in [6.07, 6.45) is 1.15. The van der Waals surface area contributed by atoms with Crippen molar-refractivity contribution >= 4 is 27.3 Å². The molecule has 1 amide bonds. The maximum absolute atomic E-state index is 13.0. The Labute approximate surface area is 141 Å². The summed E-state index contributed by atoms with van der Waals surface area (Å²) in [4.78, 5) is 15.9. The van der Waals surface area contributed by atoms with E-state index in [0.717, 1.165) is 36.4 Å². The highest BCUT2D eigenvalue weighted by atomic mass is 32.1. The summed E-state index contributed by atoms with van der Waals surface area (Å²) >= 11 is 1.60. The number of hydrogen-bond acceptors (Lipinski definition) is 3. The zero-order chi connectivity index (χ0) is 16.2. The molecular weight excluding hydrogens is 306 g/mol. The number of nitrogens with zero attached hydrogens (tertiary/aromatic N) is 1. The van der Waals surface area contributed by atoms with Gasteiger partial charge in [-0.25, -0.2) is 0 Å². The molecule has 0 spiro atoms. The highest BCUT2D eigenvalue weighted by molar-refractivity contribution is 7.20. The zero-order valence-corrected chi connectivity index (χ0v) is 14.8. The molecule has 1 aromatic heterocycles. The molecule has 2 aliphatic rings. The van der Waals surface area contributed by atoms with Gasteiger partial charge >= 0.3 is 0 Å². The maximum atomic E-state index is 13.0. The Hall–Kier alpha value is -1.39. The van der Waals surface area contributed by atoms with Gasteiger partial charge in [-0.05, 0) is 35.3 Å². The third-order valence-corrected chi connectivity index (χ3v) is 6.86. The quantitative estimate of drug-likeness (QED) is 0.850. The van der Waals surface area contributed by atoms with E-state index in [0.29, 0.717) is 11.3 Å². The molecule has 3 nitrogen and oxygen atoms in total. The van der Waals surface area contributed by atoms with Crippen LogP contribution in [0.15, 0.2) is 30.3 Å². The lowest BCUT2D eigenvalue weighted by molar-refractivity contribution is -0.107. The van der Waals surface area contributed by atoms with E-state index in [4.69, 9.17) is 4.74 Å². The van der Waals surface area contributed by atoms with Crippen LogP contribution in [-0.2, 0) is 4.74 Å². The minimum Gasteiger partial charge on any atom is -0.384 e. The number of thiophene rings is 1. The van der Waals surface area contributed by atoms with Gasteiger partial charge in [-0.1, -0.05) is 32.0 Å².